The first-order valence-electron chi connectivity index (χ1n) is 8.67. The fraction of sp³-hybridized carbons (Fsp3) is 0.421. The van der Waals surface area contributed by atoms with Crippen molar-refractivity contribution in [3.05, 3.63) is 42.2 Å². The number of oxazole rings is 1. The summed E-state index contributed by atoms with van der Waals surface area (Å²) in [5, 5.41) is 0. The summed E-state index contributed by atoms with van der Waals surface area (Å²) in [6, 6.07) is 5.59. The number of hydrogen-bond acceptors (Lipinski definition) is 4. The summed E-state index contributed by atoms with van der Waals surface area (Å²) in [6.07, 6.45) is 3.71. The Bertz CT molecular complexity index is 786. The van der Waals surface area contributed by atoms with Gasteiger partial charge in [0, 0.05) is 39.0 Å². The van der Waals surface area contributed by atoms with E-state index in [0.29, 0.717) is 31.0 Å². The quantitative estimate of drug-likeness (QED) is 0.823. The van der Waals surface area contributed by atoms with Gasteiger partial charge < -0.3 is 14.2 Å². The number of amides is 2. The van der Waals surface area contributed by atoms with Crippen molar-refractivity contribution in [1.29, 1.82) is 0 Å². The van der Waals surface area contributed by atoms with Crippen molar-refractivity contribution in [2.45, 2.75) is 31.7 Å². The van der Waals surface area contributed by atoms with Crippen LogP contribution in [0.3, 0.4) is 0 Å². The number of benzene rings is 1. The lowest BCUT2D eigenvalue weighted by molar-refractivity contribution is -0.142. The lowest BCUT2D eigenvalue weighted by atomic mass is 10.2. The van der Waals surface area contributed by atoms with E-state index in [9.17, 15) is 14.0 Å². The maximum Gasteiger partial charge on any atom is 0.244 e. The molecule has 1 unspecified atom stereocenters. The Balaban J connectivity index is 1.59. The summed E-state index contributed by atoms with van der Waals surface area (Å²) >= 11 is 0. The Labute approximate surface area is 151 Å². The van der Waals surface area contributed by atoms with Crippen LogP contribution >= 0.6 is 0 Å². The number of hydrogen-bond donors (Lipinski definition) is 0. The number of aromatic nitrogens is 1. The van der Waals surface area contributed by atoms with Gasteiger partial charge in [0.25, 0.3) is 0 Å². The van der Waals surface area contributed by atoms with Gasteiger partial charge in [-0.3, -0.25) is 9.59 Å². The molecular formula is C19H22FN3O3. The number of nitrogens with zero attached hydrogens (tertiary/aromatic N) is 3. The lowest BCUT2D eigenvalue weighted by Gasteiger charge is -2.26. The minimum atomic E-state index is -0.364. The molecule has 7 heteroatoms. The minimum absolute atomic E-state index is 0.0365. The molecule has 1 aliphatic heterocycles. The van der Waals surface area contributed by atoms with E-state index in [0.717, 1.165) is 12.0 Å². The summed E-state index contributed by atoms with van der Waals surface area (Å²) < 4.78 is 18.6. The molecule has 1 aromatic heterocycles. The Hall–Kier alpha value is -2.70. The molecule has 6 nitrogen and oxygen atoms in total. The average molecular weight is 359 g/mol. The highest BCUT2D eigenvalue weighted by Gasteiger charge is 2.34. The summed E-state index contributed by atoms with van der Waals surface area (Å²) in [5.74, 6) is 0.572. The van der Waals surface area contributed by atoms with Crippen molar-refractivity contribution < 1.29 is 18.4 Å². The van der Waals surface area contributed by atoms with E-state index in [4.69, 9.17) is 4.42 Å². The third kappa shape index (κ3) is 3.92. The SMILES string of the molecule is CN(C)C(=O)C1CCCN1C(=O)CCc1ncc(-c2ccc(F)cc2)o1. The molecule has 0 aliphatic carbocycles. The van der Waals surface area contributed by atoms with E-state index in [2.05, 4.69) is 4.98 Å². The standard InChI is InChI=1S/C19H22FN3O3/c1-22(2)19(25)15-4-3-11-23(15)18(24)10-9-17-21-12-16(26-17)13-5-7-14(20)8-6-13/h5-8,12,15H,3-4,9-11H2,1-2H3. The van der Waals surface area contributed by atoms with Crippen LogP contribution in [-0.2, 0) is 16.0 Å². The number of likely N-dealkylation sites (N-methyl/N-ethyl adjacent to an activating group) is 1. The molecule has 0 spiro atoms. The Kier molecular flexibility index (Phi) is 5.35. The number of carbonyl (C=O) groups is 2. The first-order chi connectivity index (χ1) is 12.5. The summed E-state index contributed by atoms with van der Waals surface area (Å²) in [4.78, 5) is 32.1. The molecule has 26 heavy (non-hydrogen) atoms. The van der Waals surface area contributed by atoms with Gasteiger partial charge in [-0.05, 0) is 37.1 Å². The van der Waals surface area contributed by atoms with Crippen molar-refractivity contribution in [2.75, 3.05) is 20.6 Å². The highest BCUT2D eigenvalue weighted by Crippen LogP contribution is 2.23. The zero-order valence-corrected chi connectivity index (χ0v) is 14.9. The van der Waals surface area contributed by atoms with E-state index in [1.807, 2.05) is 0 Å². The van der Waals surface area contributed by atoms with E-state index in [1.165, 1.54) is 17.0 Å². The molecule has 1 aliphatic rings. The Morgan fingerprint density at radius 3 is 2.73 bits per heavy atom. The second kappa shape index (κ2) is 7.68. The number of carbonyl (C=O) groups excluding carboxylic acids is 2. The van der Waals surface area contributed by atoms with Gasteiger partial charge >= 0.3 is 0 Å². The summed E-state index contributed by atoms with van der Waals surface area (Å²) in [6.45, 7) is 0.607. The van der Waals surface area contributed by atoms with Crippen LogP contribution in [0.5, 0.6) is 0 Å². The molecule has 0 radical (unpaired) electrons. The Morgan fingerprint density at radius 1 is 1.31 bits per heavy atom. The third-order valence-electron chi connectivity index (χ3n) is 4.53. The van der Waals surface area contributed by atoms with Gasteiger partial charge in [0.15, 0.2) is 11.7 Å². The van der Waals surface area contributed by atoms with Crippen LogP contribution in [0.25, 0.3) is 11.3 Å². The van der Waals surface area contributed by atoms with Gasteiger partial charge in [0.05, 0.1) is 6.20 Å². The fourth-order valence-electron chi connectivity index (χ4n) is 3.15. The van der Waals surface area contributed by atoms with Gasteiger partial charge in [-0.1, -0.05) is 0 Å². The van der Waals surface area contributed by atoms with Gasteiger partial charge in [-0.2, -0.15) is 0 Å². The monoisotopic (exact) mass is 359 g/mol. The zero-order valence-electron chi connectivity index (χ0n) is 14.9. The fourth-order valence-corrected chi connectivity index (χ4v) is 3.15. The molecule has 1 saturated heterocycles. The summed E-state index contributed by atoms with van der Waals surface area (Å²) in [7, 11) is 3.40. The normalized spacial score (nSPS) is 16.7. The molecule has 1 aromatic carbocycles. The predicted molar refractivity (Wildman–Crippen MR) is 93.6 cm³/mol. The maximum absolute atomic E-state index is 13.0. The van der Waals surface area contributed by atoms with Crippen LogP contribution in [0, 0.1) is 5.82 Å². The first kappa shape index (κ1) is 18.1. The average Bonchev–Trinajstić information content (AvgIpc) is 3.29. The highest BCUT2D eigenvalue weighted by molar-refractivity contribution is 5.88. The van der Waals surface area contributed by atoms with Crippen molar-refractivity contribution in [1.82, 2.24) is 14.8 Å². The van der Waals surface area contributed by atoms with Crippen LogP contribution in [0.1, 0.15) is 25.2 Å². The summed E-state index contributed by atoms with van der Waals surface area (Å²) in [5.41, 5.74) is 0.729. The van der Waals surface area contributed by atoms with Crippen molar-refractivity contribution in [2.24, 2.45) is 0 Å². The second-order valence-corrected chi connectivity index (χ2v) is 6.60. The van der Waals surface area contributed by atoms with Crippen molar-refractivity contribution in [3.63, 3.8) is 0 Å². The molecule has 2 amide bonds. The predicted octanol–water partition coefficient (Wildman–Crippen LogP) is 2.49. The van der Waals surface area contributed by atoms with Crippen LogP contribution in [0.2, 0.25) is 0 Å². The van der Waals surface area contributed by atoms with Crippen molar-refractivity contribution >= 4 is 11.8 Å². The minimum Gasteiger partial charge on any atom is -0.441 e. The van der Waals surface area contributed by atoms with Crippen LogP contribution in [0.15, 0.2) is 34.9 Å². The number of aryl methyl sites for hydroxylation is 1. The van der Waals surface area contributed by atoms with E-state index in [-0.39, 0.29) is 30.1 Å². The molecule has 2 heterocycles. The van der Waals surface area contributed by atoms with E-state index >= 15 is 0 Å². The van der Waals surface area contributed by atoms with Gasteiger partial charge in [-0.15, -0.1) is 0 Å². The molecular weight excluding hydrogens is 337 g/mol. The van der Waals surface area contributed by atoms with E-state index in [1.54, 1.807) is 37.3 Å². The van der Waals surface area contributed by atoms with E-state index < -0.39 is 0 Å². The maximum atomic E-state index is 13.0. The van der Waals surface area contributed by atoms with Crippen molar-refractivity contribution in [3.8, 4) is 11.3 Å². The number of halogens is 1. The smallest absolute Gasteiger partial charge is 0.244 e. The molecule has 1 fully saturated rings. The van der Waals surface area contributed by atoms with Gasteiger partial charge in [0.1, 0.15) is 11.9 Å². The van der Waals surface area contributed by atoms with Crippen LogP contribution in [0.4, 0.5) is 4.39 Å². The number of likely N-dealkylation sites (tertiary alicyclic amines) is 1. The lowest BCUT2D eigenvalue weighted by Crippen LogP contribution is -2.45. The molecule has 0 N–H and O–H groups in total. The largest absolute Gasteiger partial charge is 0.441 e. The third-order valence-corrected chi connectivity index (χ3v) is 4.53. The number of rotatable bonds is 5. The topological polar surface area (TPSA) is 66.7 Å². The van der Waals surface area contributed by atoms with Crippen LogP contribution < -0.4 is 0 Å². The first-order valence-corrected chi connectivity index (χ1v) is 8.67. The van der Waals surface area contributed by atoms with Gasteiger partial charge in [-0.25, -0.2) is 9.37 Å². The molecule has 1 atom stereocenters. The van der Waals surface area contributed by atoms with Crippen LogP contribution in [-0.4, -0.2) is 53.3 Å². The molecule has 2 aromatic rings. The van der Waals surface area contributed by atoms with Gasteiger partial charge in [0.2, 0.25) is 11.8 Å². The Morgan fingerprint density at radius 2 is 2.04 bits per heavy atom. The highest BCUT2D eigenvalue weighted by atomic mass is 19.1. The second-order valence-electron chi connectivity index (χ2n) is 6.60. The molecule has 3 rings (SSSR count). The zero-order chi connectivity index (χ0) is 18.7. The molecule has 0 bridgehead atoms. The molecule has 0 saturated carbocycles. The molecule has 138 valence electrons.